The van der Waals surface area contributed by atoms with Crippen LogP contribution in [0.1, 0.15) is 48.1 Å². The van der Waals surface area contributed by atoms with Crippen LogP contribution in [-0.2, 0) is 25.3 Å². The van der Waals surface area contributed by atoms with Gasteiger partial charge in [0.25, 0.3) is 0 Å². The maximum absolute atomic E-state index is 15.7. The first-order chi connectivity index (χ1) is 22.7. The van der Waals surface area contributed by atoms with E-state index in [1.807, 2.05) is 36.4 Å². The number of fused-ring (bicyclic) bond motifs is 1. The van der Waals surface area contributed by atoms with Crippen LogP contribution >= 0.6 is 15.9 Å². The van der Waals surface area contributed by atoms with Gasteiger partial charge in [-0.1, -0.05) is 40.2 Å². The molecule has 238 valence electrons. The van der Waals surface area contributed by atoms with E-state index in [-0.39, 0.29) is 23.5 Å². The lowest BCUT2D eigenvalue weighted by molar-refractivity contribution is 0.437. The molecule has 0 aliphatic carbocycles. The summed E-state index contributed by atoms with van der Waals surface area (Å²) in [7, 11) is 1.73. The van der Waals surface area contributed by atoms with E-state index in [0.29, 0.717) is 41.3 Å². The number of nitrogens with zero attached hydrogens (tertiary/aromatic N) is 5. The fourth-order valence-corrected chi connectivity index (χ4v) is 6.13. The zero-order valence-electron chi connectivity index (χ0n) is 26.1. The van der Waals surface area contributed by atoms with Crippen LogP contribution in [0.25, 0.3) is 22.3 Å². The van der Waals surface area contributed by atoms with Crippen LogP contribution in [0.4, 0.5) is 8.78 Å². The van der Waals surface area contributed by atoms with Crippen LogP contribution in [0.3, 0.4) is 0 Å². The largest absolute Gasteiger partial charge is 0.454 e. The molecule has 1 unspecified atom stereocenters. The number of nitrogens with one attached hydrogen (secondary N) is 1. The molecule has 10 heteroatoms. The highest BCUT2D eigenvalue weighted by molar-refractivity contribution is 9.10. The lowest BCUT2D eigenvalue weighted by atomic mass is 9.78. The Bertz CT molecular complexity index is 2090. The summed E-state index contributed by atoms with van der Waals surface area (Å²) in [4.78, 5) is 16.9. The Labute approximate surface area is 280 Å². The summed E-state index contributed by atoms with van der Waals surface area (Å²) in [6.45, 7) is 9.72. The summed E-state index contributed by atoms with van der Waals surface area (Å²) in [5.41, 5.74) is 3.27. The van der Waals surface area contributed by atoms with Gasteiger partial charge in [-0.2, -0.15) is 5.10 Å². The summed E-state index contributed by atoms with van der Waals surface area (Å²) < 4.78 is 39.9. The van der Waals surface area contributed by atoms with Crippen molar-refractivity contribution in [2.45, 2.75) is 38.0 Å². The molecule has 0 bridgehead atoms. The van der Waals surface area contributed by atoms with Crippen molar-refractivity contribution in [2.75, 3.05) is 0 Å². The normalized spacial score (nSPS) is 12.6. The fraction of sp³-hybridized carbons (Fsp3) is 0.189. The molecular weight excluding hydrogens is 662 g/mol. The van der Waals surface area contributed by atoms with Crippen LogP contribution in [0, 0.1) is 11.6 Å². The molecule has 3 heterocycles. The highest BCUT2D eigenvalue weighted by Crippen LogP contribution is 2.39. The number of benzene rings is 3. The number of H-pyrrole nitrogens is 1. The lowest BCUT2D eigenvalue weighted by Crippen LogP contribution is -2.25. The second-order valence-electron chi connectivity index (χ2n) is 11.6. The van der Waals surface area contributed by atoms with E-state index in [1.165, 1.54) is 24.3 Å². The number of hydrogen-bond donors (Lipinski definition) is 1. The predicted octanol–water partition coefficient (Wildman–Crippen LogP) is 9.18. The second-order valence-corrected chi connectivity index (χ2v) is 12.5. The number of aryl methyl sites for hydroxylation is 1. The van der Waals surface area contributed by atoms with Crippen LogP contribution in [0.2, 0.25) is 0 Å². The minimum Gasteiger partial charge on any atom is -0.454 e. The zero-order chi connectivity index (χ0) is 33.1. The summed E-state index contributed by atoms with van der Waals surface area (Å²) in [5.74, 6) is 0.0645. The van der Waals surface area contributed by atoms with E-state index in [2.05, 4.69) is 51.0 Å². The van der Waals surface area contributed by atoms with Gasteiger partial charge in [-0.05, 0) is 61.7 Å². The van der Waals surface area contributed by atoms with Crippen molar-refractivity contribution in [3.8, 4) is 22.9 Å². The van der Waals surface area contributed by atoms with Crippen LogP contribution in [0.15, 0.2) is 103 Å². The average molecular weight is 696 g/mol. The van der Waals surface area contributed by atoms with E-state index < -0.39 is 17.0 Å². The fourth-order valence-electron chi connectivity index (χ4n) is 5.73. The Morgan fingerprint density at radius 2 is 1.81 bits per heavy atom. The van der Waals surface area contributed by atoms with Crippen molar-refractivity contribution in [3.05, 3.63) is 143 Å². The van der Waals surface area contributed by atoms with Gasteiger partial charge in [0.05, 0.1) is 22.4 Å². The maximum Gasteiger partial charge on any atom is 0.168 e. The Kier molecular flexibility index (Phi) is 9.13. The molecule has 3 aromatic carbocycles. The monoisotopic (exact) mass is 694 g/mol. The van der Waals surface area contributed by atoms with Crippen LogP contribution < -0.4 is 4.74 Å². The second kappa shape index (κ2) is 13.4. The summed E-state index contributed by atoms with van der Waals surface area (Å²) in [5, 5.41) is 5.54. The predicted molar refractivity (Wildman–Crippen MR) is 183 cm³/mol. The van der Waals surface area contributed by atoms with Gasteiger partial charge >= 0.3 is 0 Å². The van der Waals surface area contributed by atoms with Gasteiger partial charge in [-0.25, -0.2) is 18.4 Å². The number of allylic oxidation sites excluding steroid dienone is 2. The summed E-state index contributed by atoms with van der Waals surface area (Å²) >= 11 is 3.58. The van der Waals surface area contributed by atoms with Gasteiger partial charge in [0.1, 0.15) is 11.6 Å². The number of aromatic nitrogens is 6. The number of aromatic amines is 1. The van der Waals surface area contributed by atoms with Crippen LogP contribution in [0.5, 0.6) is 11.5 Å². The van der Waals surface area contributed by atoms with E-state index in [4.69, 9.17) is 14.8 Å². The smallest absolute Gasteiger partial charge is 0.168 e. The zero-order valence-corrected chi connectivity index (χ0v) is 27.7. The van der Waals surface area contributed by atoms with Crippen molar-refractivity contribution in [3.63, 3.8) is 0 Å². The third-order valence-corrected chi connectivity index (χ3v) is 8.80. The molecule has 0 fully saturated rings. The van der Waals surface area contributed by atoms with Gasteiger partial charge in [0.2, 0.25) is 0 Å². The van der Waals surface area contributed by atoms with E-state index >= 15 is 8.78 Å². The number of rotatable bonds is 12. The molecular formula is C37H33BrF2N6O. The Balaban J connectivity index is 1.38. The quantitative estimate of drug-likeness (QED) is 0.129. The van der Waals surface area contributed by atoms with Crippen LogP contribution in [-0.4, -0.2) is 29.7 Å². The van der Waals surface area contributed by atoms with Gasteiger partial charge < -0.3 is 9.72 Å². The topological polar surface area (TPSA) is 81.5 Å². The van der Waals surface area contributed by atoms with Crippen molar-refractivity contribution in [1.29, 1.82) is 0 Å². The summed E-state index contributed by atoms with van der Waals surface area (Å²) in [6.07, 6.45) is 11.0. The Morgan fingerprint density at radius 1 is 1.00 bits per heavy atom. The molecule has 0 saturated carbocycles. The first kappa shape index (κ1) is 32.0. The molecule has 6 rings (SSSR count). The third kappa shape index (κ3) is 6.51. The highest BCUT2D eigenvalue weighted by Gasteiger charge is 2.34. The number of ether oxygens (including phenoxy) is 1. The first-order valence-electron chi connectivity index (χ1n) is 15.2. The van der Waals surface area contributed by atoms with E-state index in [0.717, 1.165) is 27.5 Å². The maximum atomic E-state index is 15.7. The minimum atomic E-state index is -0.574. The van der Waals surface area contributed by atoms with E-state index in [1.54, 1.807) is 36.4 Å². The molecule has 0 aliphatic heterocycles. The molecule has 0 spiro atoms. The van der Waals surface area contributed by atoms with E-state index in [9.17, 15) is 0 Å². The molecule has 0 amide bonds. The Hall–Kier alpha value is -4.96. The number of halogens is 3. The first-order valence-corrected chi connectivity index (χ1v) is 15.9. The lowest BCUT2D eigenvalue weighted by Gasteiger charge is -2.27. The third-order valence-electron chi connectivity index (χ3n) is 8.30. The molecule has 6 aromatic rings. The number of hydrogen-bond acceptors (Lipinski definition) is 5. The van der Waals surface area contributed by atoms with Gasteiger partial charge in [0.15, 0.2) is 23.2 Å². The van der Waals surface area contributed by atoms with Crippen molar-refractivity contribution >= 4 is 26.8 Å². The van der Waals surface area contributed by atoms with Crippen molar-refractivity contribution in [2.24, 2.45) is 7.05 Å². The molecule has 0 saturated heterocycles. The molecule has 0 aliphatic rings. The molecule has 3 aromatic heterocycles. The SMILES string of the molecule is C=CCCC(C)(c1cccc(Br)c1)c1nc(-c2cc(Oc3c(F)cc4[nH]ccc4c3Cc3cnc(CC=C)cn3)ccc2F)n(C)n1. The molecule has 47 heavy (non-hydrogen) atoms. The molecule has 7 nitrogen and oxygen atoms in total. The molecule has 1 N–H and O–H groups in total. The molecule has 1 atom stereocenters. The summed E-state index contributed by atoms with van der Waals surface area (Å²) in [6, 6.07) is 15.6. The van der Waals surface area contributed by atoms with Gasteiger partial charge in [0, 0.05) is 65.5 Å². The van der Waals surface area contributed by atoms with Crippen molar-refractivity contribution < 1.29 is 13.5 Å². The minimum absolute atomic E-state index is 0.0249. The van der Waals surface area contributed by atoms with Gasteiger partial charge in [-0.15, -0.1) is 13.2 Å². The highest BCUT2D eigenvalue weighted by atomic mass is 79.9. The van der Waals surface area contributed by atoms with Crippen molar-refractivity contribution in [1.82, 2.24) is 29.7 Å². The molecule has 0 radical (unpaired) electrons. The Morgan fingerprint density at radius 3 is 2.55 bits per heavy atom. The van der Waals surface area contributed by atoms with Gasteiger partial charge in [-0.3, -0.25) is 9.97 Å². The standard InChI is InChI=1S/C37H33BrF2N6O/c1-5-7-15-37(3,23-10-8-11-24(38)17-23)36-44-35(46(4)45-36)30-19-27(12-13-31(30)39)47-34-29(28-14-16-41-33(28)20-32(34)40)18-26-22-42-25(9-6-2)21-43-26/h5-6,8,10-14,16-17,19-22,41H,1-2,7,9,15,18H2,3-4H3. The average Bonchev–Trinajstić information content (AvgIpc) is 3.70.